The number of ether oxygens (including phenoxy) is 1. The summed E-state index contributed by atoms with van der Waals surface area (Å²) in [4.78, 5) is 16.7. The molecule has 0 fully saturated rings. The van der Waals surface area contributed by atoms with E-state index in [0.717, 1.165) is 18.2 Å². The first-order chi connectivity index (χ1) is 17.1. The Hall–Kier alpha value is -4.21. The van der Waals surface area contributed by atoms with Gasteiger partial charge in [0.25, 0.3) is 5.91 Å². The van der Waals surface area contributed by atoms with Crippen LogP contribution >= 0.6 is 0 Å². The third-order valence-electron chi connectivity index (χ3n) is 5.04. The van der Waals surface area contributed by atoms with Crippen LogP contribution in [-0.2, 0) is 6.18 Å². The van der Waals surface area contributed by atoms with E-state index in [4.69, 9.17) is 4.74 Å². The highest BCUT2D eigenvalue weighted by atomic mass is 19.4. The molecule has 0 spiro atoms. The Balaban J connectivity index is 1.65. The van der Waals surface area contributed by atoms with Crippen LogP contribution < -0.4 is 10.1 Å². The van der Waals surface area contributed by atoms with Crippen molar-refractivity contribution in [2.45, 2.75) is 20.0 Å². The number of nitrogens with one attached hydrogen (secondary N) is 1. The van der Waals surface area contributed by atoms with E-state index in [-0.39, 0.29) is 28.9 Å². The van der Waals surface area contributed by atoms with E-state index in [1.54, 1.807) is 24.3 Å². The van der Waals surface area contributed by atoms with Crippen LogP contribution in [0, 0.1) is 11.7 Å². The van der Waals surface area contributed by atoms with Gasteiger partial charge in [-0.2, -0.15) is 18.2 Å². The molecule has 3 aromatic carbocycles. The van der Waals surface area contributed by atoms with Crippen molar-refractivity contribution >= 4 is 11.6 Å². The van der Waals surface area contributed by atoms with Gasteiger partial charge in [0.05, 0.1) is 17.9 Å². The van der Waals surface area contributed by atoms with Crippen molar-refractivity contribution < 1.29 is 27.1 Å². The number of amides is 1. The third-order valence-corrected chi connectivity index (χ3v) is 5.04. The number of carbonyl (C=O) groups excluding carboxylic acids is 1. The quantitative estimate of drug-likeness (QED) is 0.300. The third kappa shape index (κ3) is 5.88. The van der Waals surface area contributed by atoms with Crippen molar-refractivity contribution in [2.24, 2.45) is 5.92 Å². The monoisotopic (exact) mass is 498 g/mol. The van der Waals surface area contributed by atoms with Gasteiger partial charge in [-0.1, -0.05) is 32.0 Å². The molecule has 1 N–H and O–H groups in total. The Bertz CT molecular complexity index is 1370. The summed E-state index contributed by atoms with van der Waals surface area (Å²) in [5.74, 6) is -0.662. The Morgan fingerprint density at radius 1 is 1.03 bits per heavy atom. The Morgan fingerprint density at radius 2 is 1.75 bits per heavy atom. The number of rotatable bonds is 7. The minimum Gasteiger partial charge on any atom is -0.462 e. The normalized spacial score (nSPS) is 11.5. The molecule has 1 amide bonds. The molecule has 36 heavy (non-hydrogen) atoms. The van der Waals surface area contributed by atoms with Crippen molar-refractivity contribution in [1.82, 2.24) is 14.8 Å². The van der Waals surface area contributed by atoms with Gasteiger partial charge in [0.1, 0.15) is 5.82 Å². The number of benzene rings is 3. The van der Waals surface area contributed by atoms with Crippen LogP contribution in [0.5, 0.6) is 6.01 Å². The maximum Gasteiger partial charge on any atom is 0.416 e. The topological polar surface area (TPSA) is 69.0 Å². The molecule has 0 bridgehead atoms. The molecule has 1 heterocycles. The van der Waals surface area contributed by atoms with E-state index in [2.05, 4.69) is 15.4 Å². The molecule has 0 saturated carbocycles. The van der Waals surface area contributed by atoms with Crippen LogP contribution in [0.15, 0.2) is 72.8 Å². The predicted octanol–water partition coefficient (Wildman–Crippen LogP) is 6.38. The van der Waals surface area contributed by atoms with Gasteiger partial charge in [-0.3, -0.25) is 4.79 Å². The van der Waals surface area contributed by atoms with Crippen LogP contribution in [0.4, 0.5) is 23.2 Å². The first kappa shape index (κ1) is 24.9. The second kappa shape index (κ2) is 10.2. The maximum absolute atomic E-state index is 13.4. The standard InChI is InChI=1S/C26H22F4N4O2/c1-16(2)15-36-25-32-23(17-5-3-7-19(13-17)26(28,29)30)34(33-25)22-11-9-21(10-12-22)31-24(35)18-6-4-8-20(27)14-18/h3-14,16H,15H2,1-2H3,(H,31,35). The Labute approximate surface area is 204 Å². The first-order valence-electron chi connectivity index (χ1n) is 11.0. The number of anilines is 1. The first-order valence-corrected chi connectivity index (χ1v) is 11.0. The molecule has 4 rings (SSSR count). The van der Waals surface area contributed by atoms with E-state index < -0.39 is 23.5 Å². The van der Waals surface area contributed by atoms with E-state index in [1.807, 2.05) is 13.8 Å². The highest BCUT2D eigenvalue weighted by Gasteiger charge is 2.31. The van der Waals surface area contributed by atoms with Crippen molar-refractivity contribution in [2.75, 3.05) is 11.9 Å². The molecule has 6 nitrogen and oxygen atoms in total. The molecular formula is C26H22F4N4O2. The fourth-order valence-corrected chi connectivity index (χ4v) is 3.32. The minimum atomic E-state index is -4.51. The summed E-state index contributed by atoms with van der Waals surface area (Å²) < 4.78 is 60.3. The van der Waals surface area contributed by atoms with Gasteiger partial charge in [0, 0.05) is 16.8 Å². The number of hydrogen-bond acceptors (Lipinski definition) is 4. The predicted molar refractivity (Wildman–Crippen MR) is 126 cm³/mol. The van der Waals surface area contributed by atoms with Crippen LogP contribution in [0.2, 0.25) is 0 Å². The zero-order valence-electron chi connectivity index (χ0n) is 19.4. The number of aromatic nitrogens is 3. The molecule has 0 aliphatic heterocycles. The largest absolute Gasteiger partial charge is 0.462 e. The van der Waals surface area contributed by atoms with E-state index >= 15 is 0 Å². The molecule has 1 aromatic heterocycles. The summed E-state index contributed by atoms with van der Waals surface area (Å²) in [5, 5.41) is 7.01. The zero-order chi connectivity index (χ0) is 25.9. The van der Waals surface area contributed by atoms with Crippen LogP contribution in [-0.4, -0.2) is 27.3 Å². The second-order valence-corrected chi connectivity index (χ2v) is 8.42. The molecule has 186 valence electrons. The molecule has 10 heteroatoms. The molecule has 0 saturated heterocycles. The average molecular weight is 498 g/mol. The number of hydrogen-bond donors (Lipinski definition) is 1. The summed E-state index contributed by atoms with van der Waals surface area (Å²) in [7, 11) is 0. The van der Waals surface area contributed by atoms with Gasteiger partial charge in [-0.15, -0.1) is 5.10 Å². The van der Waals surface area contributed by atoms with Crippen molar-refractivity contribution in [3.8, 4) is 23.1 Å². The minimum absolute atomic E-state index is 0.0274. The zero-order valence-corrected chi connectivity index (χ0v) is 19.4. The van der Waals surface area contributed by atoms with Crippen LogP contribution in [0.3, 0.4) is 0 Å². The second-order valence-electron chi connectivity index (χ2n) is 8.42. The van der Waals surface area contributed by atoms with Crippen molar-refractivity contribution in [3.63, 3.8) is 0 Å². The van der Waals surface area contributed by atoms with Crippen LogP contribution in [0.25, 0.3) is 17.1 Å². The number of halogens is 4. The lowest BCUT2D eigenvalue weighted by atomic mass is 10.1. The lowest BCUT2D eigenvalue weighted by Gasteiger charge is -2.10. The highest BCUT2D eigenvalue weighted by Crippen LogP contribution is 2.33. The fraction of sp³-hybridized carbons (Fsp3) is 0.192. The lowest BCUT2D eigenvalue weighted by Crippen LogP contribution is -2.12. The number of carbonyl (C=O) groups is 1. The maximum atomic E-state index is 13.4. The summed E-state index contributed by atoms with van der Waals surface area (Å²) in [6.07, 6.45) is -4.51. The van der Waals surface area contributed by atoms with Gasteiger partial charge < -0.3 is 10.1 Å². The fourth-order valence-electron chi connectivity index (χ4n) is 3.32. The summed E-state index contributed by atoms with van der Waals surface area (Å²) in [6, 6.07) is 16.6. The lowest BCUT2D eigenvalue weighted by molar-refractivity contribution is -0.137. The molecule has 0 atom stereocenters. The molecule has 0 unspecified atom stereocenters. The highest BCUT2D eigenvalue weighted by molar-refractivity contribution is 6.04. The van der Waals surface area contributed by atoms with Crippen molar-refractivity contribution in [1.29, 1.82) is 0 Å². The van der Waals surface area contributed by atoms with E-state index in [9.17, 15) is 22.4 Å². The van der Waals surface area contributed by atoms with Crippen molar-refractivity contribution in [3.05, 3.63) is 89.7 Å². The van der Waals surface area contributed by atoms with Gasteiger partial charge in [0.15, 0.2) is 5.82 Å². The SMILES string of the molecule is CC(C)COc1nc(-c2cccc(C(F)(F)F)c2)n(-c2ccc(NC(=O)c3cccc(F)c3)cc2)n1. The molecule has 4 aromatic rings. The summed E-state index contributed by atoms with van der Waals surface area (Å²) >= 11 is 0. The molecule has 0 aliphatic rings. The van der Waals surface area contributed by atoms with E-state index in [0.29, 0.717) is 18.0 Å². The smallest absolute Gasteiger partial charge is 0.416 e. The van der Waals surface area contributed by atoms with Crippen LogP contribution in [0.1, 0.15) is 29.8 Å². The number of alkyl halides is 3. The Morgan fingerprint density at radius 3 is 2.42 bits per heavy atom. The summed E-state index contributed by atoms with van der Waals surface area (Å²) in [5.41, 5.74) is 0.479. The summed E-state index contributed by atoms with van der Waals surface area (Å²) in [6.45, 7) is 4.22. The van der Waals surface area contributed by atoms with Gasteiger partial charge >= 0.3 is 12.2 Å². The van der Waals surface area contributed by atoms with Gasteiger partial charge in [-0.25, -0.2) is 9.07 Å². The van der Waals surface area contributed by atoms with E-state index in [1.165, 1.54) is 35.0 Å². The average Bonchev–Trinajstić information content (AvgIpc) is 3.27. The number of nitrogens with zero attached hydrogens (tertiary/aromatic N) is 3. The molecule has 0 radical (unpaired) electrons. The molecule has 0 aliphatic carbocycles. The van der Waals surface area contributed by atoms with Gasteiger partial charge in [-0.05, 0) is 60.5 Å². The van der Waals surface area contributed by atoms with Gasteiger partial charge in [0.2, 0.25) is 0 Å². The Kier molecular flexibility index (Phi) is 7.05. The molecular weight excluding hydrogens is 476 g/mol.